The van der Waals surface area contributed by atoms with Crippen molar-refractivity contribution in [1.82, 2.24) is 20.1 Å². The van der Waals surface area contributed by atoms with Crippen molar-refractivity contribution in [3.8, 4) is 11.5 Å². The molecule has 1 aliphatic rings. The van der Waals surface area contributed by atoms with Gasteiger partial charge in [-0.05, 0) is 20.8 Å². The van der Waals surface area contributed by atoms with Gasteiger partial charge in [0, 0.05) is 0 Å². The van der Waals surface area contributed by atoms with E-state index < -0.39 is 11.2 Å². The summed E-state index contributed by atoms with van der Waals surface area (Å²) in [7, 11) is 0. The zero-order valence-corrected chi connectivity index (χ0v) is 11.1. The Morgan fingerprint density at radius 2 is 1.95 bits per heavy atom. The van der Waals surface area contributed by atoms with Crippen molar-refractivity contribution in [2.75, 3.05) is 13.2 Å². The van der Waals surface area contributed by atoms with Crippen molar-refractivity contribution in [3.63, 3.8) is 0 Å². The SMILES string of the molecule is CC1(C)OCC(C)(c2nc(-c3cnc[nH]3)no2)CO1. The Labute approximate surface area is 110 Å². The molecule has 7 heteroatoms. The van der Waals surface area contributed by atoms with Crippen LogP contribution in [0.4, 0.5) is 0 Å². The van der Waals surface area contributed by atoms with Gasteiger partial charge in [-0.15, -0.1) is 0 Å². The number of imidazole rings is 1. The molecule has 2 aromatic rings. The van der Waals surface area contributed by atoms with Crippen molar-refractivity contribution in [3.05, 3.63) is 18.4 Å². The highest BCUT2D eigenvalue weighted by molar-refractivity contribution is 5.46. The summed E-state index contributed by atoms with van der Waals surface area (Å²) in [6, 6.07) is 0. The molecule has 2 aromatic heterocycles. The Morgan fingerprint density at radius 3 is 2.58 bits per heavy atom. The Morgan fingerprint density at radius 1 is 1.21 bits per heavy atom. The molecular weight excluding hydrogens is 248 g/mol. The van der Waals surface area contributed by atoms with E-state index in [1.165, 1.54) is 0 Å². The van der Waals surface area contributed by atoms with Crippen LogP contribution in [-0.4, -0.2) is 39.1 Å². The molecular formula is C12H16N4O3. The summed E-state index contributed by atoms with van der Waals surface area (Å²) in [6.45, 7) is 6.70. The van der Waals surface area contributed by atoms with E-state index in [1.807, 2.05) is 20.8 Å². The maximum Gasteiger partial charge on any atom is 0.237 e. The number of aromatic nitrogens is 4. The Balaban J connectivity index is 1.83. The topological polar surface area (TPSA) is 86.1 Å². The summed E-state index contributed by atoms with van der Waals surface area (Å²) in [5, 5.41) is 3.95. The highest BCUT2D eigenvalue weighted by Gasteiger charge is 2.42. The van der Waals surface area contributed by atoms with Gasteiger partial charge in [0.25, 0.3) is 0 Å². The van der Waals surface area contributed by atoms with E-state index in [4.69, 9.17) is 14.0 Å². The monoisotopic (exact) mass is 264 g/mol. The number of hydrogen-bond donors (Lipinski definition) is 1. The molecule has 0 amide bonds. The third-order valence-corrected chi connectivity index (χ3v) is 3.16. The first kappa shape index (κ1) is 12.3. The molecule has 1 N–H and O–H groups in total. The van der Waals surface area contributed by atoms with Crippen LogP contribution in [-0.2, 0) is 14.9 Å². The Hall–Kier alpha value is -1.73. The third-order valence-electron chi connectivity index (χ3n) is 3.16. The lowest BCUT2D eigenvalue weighted by Crippen LogP contribution is -2.47. The van der Waals surface area contributed by atoms with Crippen molar-refractivity contribution in [1.29, 1.82) is 0 Å². The fourth-order valence-corrected chi connectivity index (χ4v) is 1.83. The van der Waals surface area contributed by atoms with E-state index >= 15 is 0 Å². The summed E-state index contributed by atoms with van der Waals surface area (Å²) < 4.78 is 16.7. The number of nitrogens with zero attached hydrogens (tertiary/aromatic N) is 3. The minimum Gasteiger partial charge on any atom is -0.349 e. The van der Waals surface area contributed by atoms with Crippen LogP contribution in [0.3, 0.4) is 0 Å². The maximum atomic E-state index is 5.67. The summed E-state index contributed by atoms with van der Waals surface area (Å²) >= 11 is 0. The fraction of sp³-hybridized carbons (Fsp3) is 0.583. The lowest BCUT2D eigenvalue weighted by Gasteiger charge is -2.39. The van der Waals surface area contributed by atoms with Gasteiger partial charge in [0.1, 0.15) is 5.69 Å². The van der Waals surface area contributed by atoms with Gasteiger partial charge in [0.2, 0.25) is 11.7 Å². The second-order valence-electron chi connectivity index (χ2n) is 5.43. The molecule has 0 radical (unpaired) electrons. The summed E-state index contributed by atoms with van der Waals surface area (Å²) in [6.07, 6.45) is 3.22. The van der Waals surface area contributed by atoms with Crippen LogP contribution < -0.4 is 0 Å². The fourth-order valence-electron chi connectivity index (χ4n) is 1.83. The highest BCUT2D eigenvalue weighted by atomic mass is 16.7. The smallest absolute Gasteiger partial charge is 0.237 e. The first-order valence-corrected chi connectivity index (χ1v) is 6.09. The molecule has 0 saturated carbocycles. The maximum absolute atomic E-state index is 5.67. The summed E-state index contributed by atoms with van der Waals surface area (Å²) in [4.78, 5) is 11.3. The van der Waals surface area contributed by atoms with Crippen molar-refractivity contribution in [2.45, 2.75) is 32.0 Å². The molecule has 102 valence electrons. The summed E-state index contributed by atoms with van der Waals surface area (Å²) in [5.74, 6) is 0.428. The van der Waals surface area contributed by atoms with Crippen molar-refractivity contribution >= 4 is 0 Å². The molecule has 19 heavy (non-hydrogen) atoms. The predicted octanol–water partition coefficient (Wildman–Crippen LogP) is 1.50. The standard InChI is InChI=1S/C12H16N4O3/c1-11(2)17-5-12(3,6-18-11)10-15-9(16-19-10)8-4-13-7-14-8/h4,7H,5-6H2,1-3H3,(H,13,14). The van der Waals surface area contributed by atoms with Gasteiger partial charge in [0.15, 0.2) is 5.79 Å². The average Bonchev–Trinajstić information content (AvgIpc) is 3.02. The highest BCUT2D eigenvalue weighted by Crippen LogP contribution is 2.32. The average molecular weight is 264 g/mol. The van der Waals surface area contributed by atoms with Gasteiger partial charge in [-0.1, -0.05) is 5.16 Å². The molecule has 0 spiro atoms. The second-order valence-corrected chi connectivity index (χ2v) is 5.43. The number of nitrogens with one attached hydrogen (secondary N) is 1. The van der Waals surface area contributed by atoms with Crippen molar-refractivity contribution < 1.29 is 14.0 Å². The van der Waals surface area contributed by atoms with E-state index in [-0.39, 0.29) is 0 Å². The molecule has 0 aliphatic carbocycles. The van der Waals surface area contributed by atoms with Gasteiger partial charge >= 0.3 is 0 Å². The molecule has 0 aromatic carbocycles. The number of hydrogen-bond acceptors (Lipinski definition) is 6. The Bertz CT molecular complexity index is 551. The van der Waals surface area contributed by atoms with Crippen molar-refractivity contribution in [2.24, 2.45) is 0 Å². The minimum atomic E-state index is -0.564. The zero-order chi connectivity index (χ0) is 13.5. The number of aromatic amines is 1. The molecule has 1 fully saturated rings. The third kappa shape index (κ3) is 2.26. The van der Waals surface area contributed by atoms with Crippen LogP contribution in [0, 0.1) is 0 Å². The quantitative estimate of drug-likeness (QED) is 0.884. The molecule has 1 aliphatic heterocycles. The first-order valence-electron chi connectivity index (χ1n) is 6.09. The predicted molar refractivity (Wildman–Crippen MR) is 65.2 cm³/mol. The van der Waals surface area contributed by atoms with E-state index in [9.17, 15) is 0 Å². The summed E-state index contributed by atoms with van der Waals surface area (Å²) in [5.41, 5.74) is 0.289. The number of rotatable bonds is 2. The lowest BCUT2D eigenvalue weighted by atomic mass is 9.91. The zero-order valence-electron chi connectivity index (χ0n) is 11.1. The van der Waals surface area contributed by atoms with Crippen LogP contribution in [0.25, 0.3) is 11.5 Å². The van der Waals surface area contributed by atoms with Gasteiger partial charge in [-0.2, -0.15) is 4.98 Å². The van der Waals surface area contributed by atoms with Gasteiger partial charge in [-0.3, -0.25) is 0 Å². The van der Waals surface area contributed by atoms with Crippen LogP contribution in [0.15, 0.2) is 17.0 Å². The van der Waals surface area contributed by atoms with E-state index in [1.54, 1.807) is 12.5 Å². The molecule has 7 nitrogen and oxygen atoms in total. The van der Waals surface area contributed by atoms with Gasteiger partial charge in [-0.25, -0.2) is 4.98 Å². The normalized spacial score (nSPS) is 21.4. The number of H-pyrrole nitrogens is 1. The van der Waals surface area contributed by atoms with E-state index in [0.29, 0.717) is 24.9 Å². The van der Waals surface area contributed by atoms with Gasteiger partial charge < -0.3 is 19.0 Å². The molecule has 3 heterocycles. The van der Waals surface area contributed by atoms with Crippen LogP contribution in [0.1, 0.15) is 26.7 Å². The van der Waals surface area contributed by atoms with E-state index in [2.05, 4.69) is 20.1 Å². The molecule has 1 saturated heterocycles. The molecule has 0 bridgehead atoms. The van der Waals surface area contributed by atoms with Gasteiger partial charge in [0.05, 0.1) is 31.2 Å². The van der Waals surface area contributed by atoms with Crippen LogP contribution in [0.2, 0.25) is 0 Å². The second kappa shape index (κ2) is 4.14. The molecule has 3 rings (SSSR count). The minimum absolute atomic E-state index is 0.430. The first-order chi connectivity index (χ1) is 8.99. The van der Waals surface area contributed by atoms with E-state index in [0.717, 1.165) is 5.69 Å². The Kier molecular flexibility index (Phi) is 2.68. The van der Waals surface area contributed by atoms with Crippen LogP contribution in [0.5, 0.6) is 0 Å². The van der Waals surface area contributed by atoms with Crippen LogP contribution >= 0.6 is 0 Å². The largest absolute Gasteiger partial charge is 0.349 e. The number of ether oxygens (including phenoxy) is 2. The molecule has 0 unspecified atom stereocenters. The molecule has 0 atom stereocenters. The lowest BCUT2D eigenvalue weighted by molar-refractivity contribution is -0.269.